The Bertz CT molecular complexity index is 694. The molecule has 0 fully saturated rings. The van der Waals surface area contributed by atoms with Gasteiger partial charge in [-0.2, -0.15) is 0 Å². The molecule has 0 bridgehead atoms. The number of pyridine rings is 1. The second-order valence-electron chi connectivity index (χ2n) is 4.82. The zero-order chi connectivity index (χ0) is 15.4. The Morgan fingerprint density at radius 1 is 1.33 bits per heavy atom. The predicted molar refractivity (Wildman–Crippen MR) is 84.1 cm³/mol. The molecule has 0 spiro atoms. The third kappa shape index (κ3) is 3.82. The van der Waals surface area contributed by atoms with Crippen LogP contribution in [0, 0.1) is 6.92 Å². The number of carbonyl (C=O) groups excluding carboxylic acids is 1. The van der Waals surface area contributed by atoms with Gasteiger partial charge in [0.15, 0.2) is 0 Å². The number of hydrogen-bond donors (Lipinski definition) is 0. The number of aryl methyl sites for hydroxylation is 1. The number of esters is 1. The van der Waals surface area contributed by atoms with Gasteiger partial charge >= 0.3 is 5.97 Å². The Balaban J connectivity index is 2.11. The molecular formula is C16H16BrNO3. The highest BCUT2D eigenvalue weighted by atomic mass is 79.9. The Kier molecular flexibility index (Phi) is 4.96. The molecule has 0 amide bonds. The van der Waals surface area contributed by atoms with E-state index in [0.29, 0.717) is 5.56 Å². The predicted octanol–water partition coefficient (Wildman–Crippen LogP) is 3.22. The Hall–Kier alpha value is -1.88. The van der Waals surface area contributed by atoms with Crippen LogP contribution < -0.4 is 5.56 Å². The summed E-state index contributed by atoms with van der Waals surface area (Å²) in [7, 11) is 0. The second kappa shape index (κ2) is 6.72. The Morgan fingerprint density at radius 2 is 2.00 bits per heavy atom. The molecule has 1 aromatic carbocycles. The van der Waals surface area contributed by atoms with Gasteiger partial charge in [-0.15, -0.1) is 0 Å². The number of carbonyl (C=O) groups is 1. The van der Waals surface area contributed by atoms with Crippen molar-refractivity contribution in [3.63, 3.8) is 0 Å². The van der Waals surface area contributed by atoms with Gasteiger partial charge in [-0.25, -0.2) is 4.79 Å². The molecule has 2 aromatic rings. The van der Waals surface area contributed by atoms with E-state index in [0.717, 1.165) is 10.0 Å². The number of nitrogens with zero attached hydrogens (tertiary/aromatic N) is 1. The van der Waals surface area contributed by atoms with Crippen LogP contribution in [0.15, 0.2) is 51.9 Å². The van der Waals surface area contributed by atoms with Gasteiger partial charge in [0.1, 0.15) is 12.6 Å². The number of halogens is 1. The number of ether oxygens (including phenoxy) is 1. The SMILES string of the molecule is Cc1cc(Br)cn(C(C)C(=O)OCc2ccccc2)c1=O. The number of aromatic nitrogens is 1. The van der Waals surface area contributed by atoms with E-state index in [2.05, 4.69) is 15.9 Å². The third-order valence-electron chi connectivity index (χ3n) is 3.17. The van der Waals surface area contributed by atoms with Crippen molar-refractivity contribution in [3.8, 4) is 0 Å². The highest BCUT2D eigenvalue weighted by Crippen LogP contribution is 2.13. The van der Waals surface area contributed by atoms with E-state index in [1.54, 1.807) is 26.1 Å². The molecule has 0 radical (unpaired) electrons. The summed E-state index contributed by atoms with van der Waals surface area (Å²) in [5, 5.41) is 0. The minimum atomic E-state index is -0.669. The smallest absolute Gasteiger partial charge is 0.329 e. The molecule has 21 heavy (non-hydrogen) atoms. The maximum atomic E-state index is 12.1. The maximum absolute atomic E-state index is 12.1. The molecule has 0 aliphatic heterocycles. The molecule has 4 nitrogen and oxygen atoms in total. The van der Waals surface area contributed by atoms with Crippen molar-refractivity contribution in [3.05, 3.63) is 68.5 Å². The molecule has 0 saturated heterocycles. The lowest BCUT2D eigenvalue weighted by Gasteiger charge is -2.15. The summed E-state index contributed by atoms with van der Waals surface area (Å²) in [5.41, 5.74) is 1.30. The van der Waals surface area contributed by atoms with Crippen LogP contribution in [-0.4, -0.2) is 10.5 Å². The van der Waals surface area contributed by atoms with Gasteiger partial charge in [0, 0.05) is 16.2 Å². The van der Waals surface area contributed by atoms with Gasteiger partial charge in [-0.3, -0.25) is 4.79 Å². The van der Waals surface area contributed by atoms with Gasteiger partial charge in [0.25, 0.3) is 5.56 Å². The monoisotopic (exact) mass is 349 g/mol. The van der Waals surface area contributed by atoms with E-state index in [-0.39, 0.29) is 12.2 Å². The normalized spacial score (nSPS) is 12.0. The van der Waals surface area contributed by atoms with Gasteiger partial charge in [-0.1, -0.05) is 30.3 Å². The van der Waals surface area contributed by atoms with E-state index < -0.39 is 12.0 Å². The average Bonchev–Trinajstić information content (AvgIpc) is 2.48. The van der Waals surface area contributed by atoms with E-state index in [4.69, 9.17) is 4.74 Å². The lowest BCUT2D eigenvalue weighted by atomic mass is 10.2. The molecular weight excluding hydrogens is 334 g/mol. The quantitative estimate of drug-likeness (QED) is 0.796. The first-order chi connectivity index (χ1) is 9.99. The van der Waals surface area contributed by atoms with Crippen LogP contribution in [0.25, 0.3) is 0 Å². The molecule has 1 unspecified atom stereocenters. The van der Waals surface area contributed by atoms with Crippen molar-refractivity contribution < 1.29 is 9.53 Å². The molecule has 1 heterocycles. The van der Waals surface area contributed by atoms with E-state index in [9.17, 15) is 9.59 Å². The second-order valence-corrected chi connectivity index (χ2v) is 5.74. The molecule has 0 aliphatic carbocycles. The lowest BCUT2D eigenvalue weighted by Crippen LogP contribution is -2.30. The molecule has 2 rings (SSSR count). The molecule has 0 aliphatic rings. The first-order valence-electron chi connectivity index (χ1n) is 6.58. The van der Waals surface area contributed by atoms with Gasteiger partial charge < -0.3 is 9.30 Å². The first kappa shape index (κ1) is 15.5. The van der Waals surface area contributed by atoms with Crippen molar-refractivity contribution in [1.29, 1.82) is 0 Å². The summed E-state index contributed by atoms with van der Waals surface area (Å²) < 4.78 is 7.40. The standard InChI is InChI=1S/C16H16BrNO3/c1-11-8-14(17)9-18(15(11)19)12(2)16(20)21-10-13-6-4-3-5-7-13/h3-9,12H,10H2,1-2H3. The molecule has 1 aromatic heterocycles. The fourth-order valence-corrected chi connectivity index (χ4v) is 2.52. The van der Waals surface area contributed by atoms with Crippen molar-refractivity contribution >= 4 is 21.9 Å². The highest BCUT2D eigenvalue weighted by molar-refractivity contribution is 9.10. The van der Waals surface area contributed by atoms with Crippen LogP contribution in [0.4, 0.5) is 0 Å². The largest absolute Gasteiger partial charge is 0.459 e. The third-order valence-corrected chi connectivity index (χ3v) is 3.60. The van der Waals surface area contributed by atoms with Crippen LogP contribution in [-0.2, 0) is 16.1 Å². The molecule has 0 N–H and O–H groups in total. The topological polar surface area (TPSA) is 48.3 Å². The Morgan fingerprint density at radius 3 is 2.67 bits per heavy atom. The van der Waals surface area contributed by atoms with Crippen LogP contribution in [0.5, 0.6) is 0 Å². The van der Waals surface area contributed by atoms with Crippen molar-refractivity contribution in [2.75, 3.05) is 0 Å². The van der Waals surface area contributed by atoms with Crippen LogP contribution >= 0.6 is 15.9 Å². The lowest BCUT2D eigenvalue weighted by molar-refractivity contribution is -0.148. The maximum Gasteiger partial charge on any atom is 0.329 e. The minimum absolute atomic E-state index is 0.192. The molecule has 110 valence electrons. The molecule has 0 saturated carbocycles. The Labute approximate surface area is 131 Å². The van der Waals surface area contributed by atoms with Crippen LogP contribution in [0.3, 0.4) is 0 Å². The van der Waals surface area contributed by atoms with E-state index in [1.807, 2.05) is 30.3 Å². The zero-order valence-electron chi connectivity index (χ0n) is 11.9. The van der Waals surface area contributed by atoms with Gasteiger partial charge in [0.05, 0.1) is 0 Å². The fraction of sp³-hybridized carbons (Fsp3) is 0.250. The van der Waals surface area contributed by atoms with Gasteiger partial charge in [-0.05, 0) is 41.4 Å². The van der Waals surface area contributed by atoms with Crippen molar-refractivity contribution in [2.45, 2.75) is 26.5 Å². The van der Waals surface area contributed by atoms with Gasteiger partial charge in [0.2, 0.25) is 0 Å². The number of benzene rings is 1. The summed E-state index contributed by atoms with van der Waals surface area (Å²) in [4.78, 5) is 24.2. The summed E-state index contributed by atoms with van der Waals surface area (Å²) in [6.07, 6.45) is 1.60. The molecule has 5 heteroatoms. The summed E-state index contributed by atoms with van der Waals surface area (Å²) >= 11 is 3.33. The molecule has 1 atom stereocenters. The average molecular weight is 350 g/mol. The number of rotatable bonds is 4. The van der Waals surface area contributed by atoms with Crippen molar-refractivity contribution in [2.24, 2.45) is 0 Å². The summed E-state index contributed by atoms with van der Waals surface area (Å²) in [6.45, 7) is 3.57. The summed E-state index contributed by atoms with van der Waals surface area (Å²) in [5.74, 6) is -0.432. The van der Waals surface area contributed by atoms with Crippen LogP contribution in [0.2, 0.25) is 0 Å². The zero-order valence-corrected chi connectivity index (χ0v) is 13.5. The van der Waals surface area contributed by atoms with E-state index >= 15 is 0 Å². The van der Waals surface area contributed by atoms with E-state index in [1.165, 1.54) is 4.57 Å². The van der Waals surface area contributed by atoms with Crippen molar-refractivity contribution in [1.82, 2.24) is 4.57 Å². The minimum Gasteiger partial charge on any atom is -0.459 e. The fourth-order valence-electron chi connectivity index (χ4n) is 1.95. The van der Waals surface area contributed by atoms with Crippen LogP contribution in [0.1, 0.15) is 24.1 Å². The first-order valence-corrected chi connectivity index (χ1v) is 7.37. The highest BCUT2D eigenvalue weighted by Gasteiger charge is 2.18. The summed E-state index contributed by atoms with van der Waals surface area (Å²) in [6, 6.07) is 10.5. The number of hydrogen-bond acceptors (Lipinski definition) is 3.